The Labute approximate surface area is 152 Å². The topological polar surface area (TPSA) is 84.5 Å². The molecule has 2 amide bonds. The van der Waals surface area contributed by atoms with E-state index in [-0.39, 0.29) is 11.8 Å². The van der Waals surface area contributed by atoms with Gasteiger partial charge in [-0.15, -0.1) is 0 Å². The van der Waals surface area contributed by atoms with Gasteiger partial charge in [-0.1, -0.05) is 13.3 Å². The number of benzene rings is 2. The predicted molar refractivity (Wildman–Crippen MR) is 99.4 cm³/mol. The fourth-order valence-corrected chi connectivity index (χ4v) is 2.26. The first-order valence-electron chi connectivity index (χ1n) is 8.43. The molecule has 2 aromatic carbocycles. The summed E-state index contributed by atoms with van der Waals surface area (Å²) in [4.78, 5) is 35.6. The maximum absolute atomic E-state index is 12.3. The predicted octanol–water partition coefficient (Wildman–Crippen LogP) is 3.26. The molecule has 0 aliphatic heterocycles. The van der Waals surface area contributed by atoms with E-state index in [1.54, 1.807) is 48.5 Å². The summed E-state index contributed by atoms with van der Waals surface area (Å²) in [5, 5.41) is 5.57. The SMILES string of the molecule is CCCCNC(=O)c1ccc(C(=O)Nc2ccc(C(=O)OC)cc2)cc1. The molecular weight excluding hydrogens is 332 g/mol. The second kappa shape index (κ2) is 9.36. The Kier molecular flexibility index (Phi) is 6.91. The van der Waals surface area contributed by atoms with Gasteiger partial charge in [-0.25, -0.2) is 4.79 Å². The summed E-state index contributed by atoms with van der Waals surface area (Å²) < 4.78 is 4.63. The Hall–Kier alpha value is -3.15. The van der Waals surface area contributed by atoms with Crippen molar-refractivity contribution in [1.29, 1.82) is 0 Å². The van der Waals surface area contributed by atoms with Crippen molar-refractivity contribution in [3.8, 4) is 0 Å². The molecule has 0 saturated carbocycles. The van der Waals surface area contributed by atoms with Crippen molar-refractivity contribution in [2.75, 3.05) is 19.0 Å². The summed E-state index contributed by atoms with van der Waals surface area (Å²) >= 11 is 0. The van der Waals surface area contributed by atoms with Crippen LogP contribution in [0.15, 0.2) is 48.5 Å². The molecule has 2 rings (SSSR count). The van der Waals surface area contributed by atoms with Crippen LogP contribution in [0, 0.1) is 0 Å². The number of esters is 1. The molecule has 0 aromatic heterocycles. The first-order chi connectivity index (χ1) is 12.5. The lowest BCUT2D eigenvalue weighted by Crippen LogP contribution is -2.24. The lowest BCUT2D eigenvalue weighted by atomic mass is 10.1. The minimum absolute atomic E-state index is 0.149. The summed E-state index contributed by atoms with van der Waals surface area (Å²) in [7, 11) is 1.31. The Morgan fingerprint density at radius 1 is 0.846 bits per heavy atom. The highest BCUT2D eigenvalue weighted by molar-refractivity contribution is 6.05. The van der Waals surface area contributed by atoms with Crippen molar-refractivity contribution in [1.82, 2.24) is 5.32 Å². The van der Waals surface area contributed by atoms with Crippen LogP contribution in [-0.4, -0.2) is 31.4 Å². The first kappa shape index (κ1) is 19.2. The fourth-order valence-electron chi connectivity index (χ4n) is 2.26. The maximum atomic E-state index is 12.3. The number of ether oxygens (including phenoxy) is 1. The highest BCUT2D eigenvalue weighted by Crippen LogP contribution is 2.13. The standard InChI is InChI=1S/C20H22N2O4/c1-3-4-13-21-18(23)14-5-7-15(8-6-14)19(24)22-17-11-9-16(10-12-17)20(25)26-2/h5-12H,3-4,13H2,1-2H3,(H,21,23)(H,22,24). The number of unbranched alkanes of at least 4 members (excludes halogenated alkanes) is 1. The zero-order valence-corrected chi connectivity index (χ0v) is 14.9. The van der Waals surface area contributed by atoms with Gasteiger partial charge in [-0.2, -0.15) is 0 Å². The van der Waals surface area contributed by atoms with E-state index in [0.29, 0.717) is 28.9 Å². The van der Waals surface area contributed by atoms with Gasteiger partial charge >= 0.3 is 5.97 Å². The quantitative estimate of drug-likeness (QED) is 0.590. The van der Waals surface area contributed by atoms with E-state index < -0.39 is 5.97 Å². The van der Waals surface area contributed by atoms with E-state index in [1.807, 2.05) is 0 Å². The summed E-state index contributed by atoms with van der Waals surface area (Å²) in [6, 6.07) is 12.8. The third kappa shape index (κ3) is 5.17. The molecule has 0 aliphatic carbocycles. The van der Waals surface area contributed by atoms with Crippen molar-refractivity contribution >= 4 is 23.5 Å². The van der Waals surface area contributed by atoms with Crippen LogP contribution in [-0.2, 0) is 4.74 Å². The number of methoxy groups -OCH3 is 1. The summed E-state index contributed by atoms with van der Waals surface area (Å²) in [6.45, 7) is 2.70. The normalized spacial score (nSPS) is 10.1. The Morgan fingerprint density at radius 3 is 1.92 bits per heavy atom. The largest absolute Gasteiger partial charge is 0.465 e. The molecule has 6 heteroatoms. The van der Waals surface area contributed by atoms with Gasteiger partial charge in [0.15, 0.2) is 0 Å². The van der Waals surface area contributed by atoms with Gasteiger partial charge in [0.25, 0.3) is 11.8 Å². The van der Waals surface area contributed by atoms with Crippen LogP contribution in [0.4, 0.5) is 5.69 Å². The van der Waals surface area contributed by atoms with E-state index >= 15 is 0 Å². The molecule has 26 heavy (non-hydrogen) atoms. The van der Waals surface area contributed by atoms with Crippen LogP contribution >= 0.6 is 0 Å². The second-order valence-corrected chi connectivity index (χ2v) is 5.71. The molecular formula is C20H22N2O4. The molecule has 0 heterocycles. The monoisotopic (exact) mass is 354 g/mol. The summed E-state index contributed by atoms with van der Waals surface area (Å²) in [5.41, 5.74) is 1.92. The minimum Gasteiger partial charge on any atom is -0.465 e. The van der Waals surface area contributed by atoms with E-state index in [4.69, 9.17) is 0 Å². The van der Waals surface area contributed by atoms with Crippen molar-refractivity contribution < 1.29 is 19.1 Å². The average Bonchev–Trinajstić information content (AvgIpc) is 2.68. The number of hydrogen-bond donors (Lipinski definition) is 2. The van der Waals surface area contributed by atoms with Crippen LogP contribution in [0.1, 0.15) is 50.8 Å². The Bertz CT molecular complexity index is 767. The molecule has 0 bridgehead atoms. The molecule has 0 aliphatic rings. The van der Waals surface area contributed by atoms with Crippen LogP contribution in [0.5, 0.6) is 0 Å². The highest BCUT2D eigenvalue weighted by atomic mass is 16.5. The van der Waals surface area contributed by atoms with Gasteiger partial charge < -0.3 is 15.4 Å². The van der Waals surface area contributed by atoms with E-state index in [9.17, 15) is 14.4 Å². The number of anilines is 1. The lowest BCUT2D eigenvalue weighted by molar-refractivity contribution is 0.0600. The van der Waals surface area contributed by atoms with Crippen molar-refractivity contribution in [3.05, 3.63) is 65.2 Å². The number of rotatable bonds is 7. The van der Waals surface area contributed by atoms with Gasteiger partial charge in [0.1, 0.15) is 0 Å². The van der Waals surface area contributed by atoms with Gasteiger partial charge in [0.05, 0.1) is 12.7 Å². The molecule has 136 valence electrons. The molecule has 2 N–H and O–H groups in total. The van der Waals surface area contributed by atoms with Gasteiger partial charge in [-0.3, -0.25) is 9.59 Å². The van der Waals surface area contributed by atoms with Crippen molar-refractivity contribution in [2.24, 2.45) is 0 Å². The zero-order chi connectivity index (χ0) is 18.9. The van der Waals surface area contributed by atoms with Crippen molar-refractivity contribution in [2.45, 2.75) is 19.8 Å². The molecule has 2 aromatic rings. The molecule has 0 fully saturated rings. The molecule has 6 nitrogen and oxygen atoms in total. The van der Waals surface area contributed by atoms with Crippen LogP contribution in [0.25, 0.3) is 0 Å². The Balaban J connectivity index is 1.97. The second-order valence-electron chi connectivity index (χ2n) is 5.71. The van der Waals surface area contributed by atoms with E-state index in [2.05, 4.69) is 22.3 Å². The third-order valence-corrected chi connectivity index (χ3v) is 3.79. The fraction of sp³-hybridized carbons (Fsp3) is 0.250. The van der Waals surface area contributed by atoms with Crippen molar-refractivity contribution in [3.63, 3.8) is 0 Å². The van der Waals surface area contributed by atoms with Gasteiger partial charge in [0.2, 0.25) is 0 Å². The molecule has 0 radical (unpaired) electrons. The Morgan fingerprint density at radius 2 is 1.38 bits per heavy atom. The number of nitrogens with one attached hydrogen (secondary N) is 2. The van der Waals surface area contributed by atoms with Crippen LogP contribution in [0.2, 0.25) is 0 Å². The smallest absolute Gasteiger partial charge is 0.337 e. The average molecular weight is 354 g/mol. The molecule has 0 atom stereocenters. The molecule has 0 unspecified atom stereocenters. The number of hydrogen-bond acceptors (Lipinski definition) is 4. The summed E-state index contributed by atoms with van der Waals surface area (Å²) in [5.74, 6) is -0.881. The van der Waals surface area contributed by atoms with E-state index in [1.165, 1.54) is 7.11 Å². The van der Waals surface area contributed by atoms with Gasteiger partial charge in [0, 0.05) is 23.4 Å². The van der Waals surface area contributed by atoms with E-state index in [0.717, 1.165) is 12.8 Å². The van der Waals surface area contributed by atoms with Crippen LogP contribution < -0.4 is 10.6 Å². The lowest BCUT2D eigenvalue weighted by Gasteiger charge is -2.08. The summed E-state index contributed by atoms with van der Waals surface area (Å²) in [6.07, 6.45) is 1.95. The number of carbonyl (C=O) groups excluding carboxylic acids is 3. The van der Waals surface area contributed by atoms with Gasteiger partial charge in [-0.05, 0) is 55.0 Å². The third-order valence-electron chi connectivity index (χ3n) is 3.79. The minimum atomic E-state index is -0.435. The molecule has 0 saturated heterocycles. The van der Waals surface area contributed by atoms with Crippen LogP contribution in [0.3, 0.4) is 0 Å². The zero-order valence-electron chi connectivity index (χ0n) is 14.9. The number of amides is 2. The highest BCUT2D eigenvalue weighted by Gasteiger charge is 2.10. The number of carbonyl (C=O) groups is 3. The molecule has 0 spiro atoms. The first-order valence-corrected chi connectivity index (χ1v) is 8.43. The maximum Gasteiger partial charge on any atom is 0.337 e.